The van der Waals surface area contributed by atoms with Gasteiger partial charge in [0, 0.05) is 0 Å². The maximum absolute atomic E-state index is 5.22. The lowest BCUT2D eigenvalue weighted by Gasteiger charge is -2.24. The molecule has 0 N–H and O–H groups in total. The van der Waals surface area contributed by atoms with Gasteiger partial charge in [0.05, 0.1) is 7.11 Å². The van der Waals surface area contributed by atoms with Crippen molar-refractivity contribution in [3.05, 3.63) is 0 Å². The van der Waals surface area contributed by atoms with Crippen LogP contribution in [0.1, 0.15) is 32.1 Å². The number of hydrogen-bond donors (Lipinski definition) is 0. The van der Waals surface area contributed by atoms with Gasteiger partial charge >= 0.3 is 0 Å². The zero-order valence-corrected chi connectivity index (χ0v) is 8.66. The predicted octanol–water partition coefficient (Wildman–Crippen LogP) is 2.25. The standard InChI is InChI=1S/C8H18O2Si/c1-9-10-11(2)8-6-4-3-5-7-8/h8,11H,3-7H2,1-2H3. The van der Waals surface area contributed by atoms with Crippen molar-refractivity contribution < 1.29 is 9.46 Å². The monoisotopic (exact) mass is 174 g/mol. The summed E-state index contributed by atoms with van der Waals surface area (Å²) in [7, 11) is 0.612. The Morgan fingerprint density at radius 1 is 1.18 bits per heavy atom. The first-order chi connectivity index (χ1) is 5.34. The molecule has 0 aromatic rings. The summed E-state index contributed by atoms with van der Waals surface area (Å²) < 4.78 is 5.22. The van der Waals surface area contributed by atoms with Crippen LogP contribution in [-0.2, 0) is 9.46 Å². The Labute approximate surface area is 70.5 Å². The molecule has 1 aliphatic carbocycles. The molecule has 0 bridgehead atoms. The molecule has 0 amide bonds. The SMILES string of the molecule is COO[SiH](C)C1CCCCC1. The van der Waals surface area contributed by atoms with Crippen molar-refractivity contribution in [1.29, 1.82) is 0 Å². The molecular weight excluding hydrogens is 156 g/mol. The zero-order chi connectivity index (χ0) is 8.10. The fourth-order valence-corrected chi connectivity index (χ4v) is 3.70. The van der Waals surface area contributed by atoms with E-state index < -0.39 is 9.04 Å². The highest BCUT2D eigenvalue weighted by molar-refractivity contribution is 6.51. The Balaban J connectivity index is 2.21. The molecule has 1 unspecified atom stereocenters. The van der Waals surface area contributed by atoms with Crippen LogP contribution in [0.25, 0.3) is 0 Å². The molecule has 1 aliphatic rings. The molecule has 0 saturated heterocycles. The van der Waals surface area contributed by atoms with Gasteiger partial charge in [0.2, 0.25) is 9.04 Å². The molecule has 66 valence electrons. The molecule has 0 heterocycles. The minimum absolute atomic E-state index is 0.865. The first-order valence-electron chi connectivity index (χ1n) is 4.54. The van der Waals surface area contributed by atoms with E-state index in [0.29, 0.717) is 0 Å². The van der Waals surface area contributed by atoms with Gasteiger partial charge in [0.1, 0.15) is 0 Å². The largest absolute Gasteiger partial charge is 0.291 e. The molecule has 0 aliphatic heterocycles. The Morgan fingerprint density at radius 2 is 1.82 bits per heavy atom. The highest BCUT2D eigenvalue weighted by Gasteiger charge is 2.22. The van der Waals surface area contributed by atoms with Gasteiger partial charge in [0.25, 0.3) is 0 Å². The second-order valence-electron chi connectivity index (χ2n) is 3.37. The summed E-state index contributed by atoms with van der Waals surface area (Å²) in [6, 6.07) is 0. The van der Waals surface area contributed by atoms with Crippen LogP contribution in [0, 0.1) is 0 Å². The van der Waals surface area contributed by atoms with Crippen LogP contribution >= 0.6 is 0 Å². The van der Waals surface area contributed by atoms with Crippen molar-refractivity contribution in [1.82, 2.24) is 0 Å². The Kier molecular flexibility index (Phi) is 4.11. The van der Waals surface area contributed by atoms with Crippen LogP contribution in [0.4, 0.5) is 0 Å². The van der Waals surface area contributed by atoms with Crippen molar-refractivity contribution in [3.8, 4) is 0 Å². The van der Waals surface area contributed by atoms with Crippen LogP contribution in [0.15, 0.2) is 0 Å². The molecule has 0 aromatic heterocycles. The van der Waals surface area contributed by atoms with E-state index in [4.69, 9.17) is 9.46 Å². The molecule has 11 heavy (non-hydrogen) atoms. The number of rotatable bonds is 3. The lowest BCUT2D eigenvalue weighted by atomic mass is 10.0. The first kappa shape index (κ1) is 9.23. The van der Waals surface area contributed by atoms with E-state index >= 15 is 0 Å². The Bertz CT molecular complexity index is 102. The maximum Gasteiger partial charge on any atom is 0.224 e. The third kappa shape index (κ3) is 2.93. The quantitative estimate of drug-likeness (QED) is 0.371. The molecule has 0 spiro atoms. The van der Waals surface area contributed by atoms with Crippen molar-refractivity contribution >= 4 is 9.04 Å². The van der Waals surface area contributed by atoms with Gasteiger partial charge < -0.3 is 0 Å². The van der Waals surface area contributed by atoms with Crippen molar-refractivity contribution in [2.75, 3.05) is 7.11 Å². The molecule has 1 rings (SSSR count). The maximum atomic E-state index is 5.22. The highest BCUT2D eigenvalue weighted by Crippen LogP contribution is 2.31. The summed E-state index contributed by atoms with van der Waals surface area (Å²) in [5, 5.41) is 0. The summed E-state index contributed by atoms with van der Waals surface area (Å²) in [5.74, 6) is 0. The van der Waals surface area contributed by atoms with Crippen LogP contribution in [0.3, 0.4) is 0 Å². The molecule has 1 atom stereocenters. The van der Waals surface area contributed by atoms with E-state index in [-0.39, 0.29) is 0 Å². The molecule has 0 radical (unpaired) electrons. The second-order valence-corrected chi connectivity index (χ2v) is 5.91. The van der Waals surface area contributed by atoms with Gasteiger partial charge in [0.15, 0.2) is 0 Å². The molecule has 2 nitrogen and oxygen atoms in total. The first-order valence-corrected chi connectivity index (χ1v) is 6.83. The van der Waals surface area contributed by atoms with E-state index in [0.717, 1.165) is 5.54 Å². The van der Waals surface area contributed by atoms with E-state index in [2.05, 4.69) is 6.55 Å². The minimum atomic E-state index is -1.01. The van der Waals surface area contributed by atoms with Gasteiger partial charge in [-0.1, -0.05) is 32.1 Å². The van der Waals surface area contributed by atoms with E-state index in [9.17, 15) is 0 Å². The average Bonchev–Trinajstić information content (AvgIpc) is 2.07. The Morgan fingerprint density at radius 3 is 2.36 bits per heavy atom. The molecule has 0 aromatic carbocycles. The topological polar surface area (TPSA) is 18.5 Å². The fourth-order valence-electron chi connectivity index (χ4n) is 1.83. The third-order valence-electron chi connectivity index (χ3n) is 2.56. The summed E-state index contributed by atoms with van der Waals surface area (Å²) in [6.45, 7) is 2.24. The van der Waals surface area contributed by atoms with Gasteiger partial charge in [-0.25, -0.2) is 0 Å². The normalized spacial score (nSPS) is 23.5. The third-order valence-corrected chi connectivity index (χ3v) is 5.05. The zero-order valence-electron chi connectivity index (χ0n) is 7.51. The van der Waals surface area contributed by atoms with Crippen LogP contribution in [-0.4, -0.2) is 16.2 Å². The van der Waals surface area contributed by atoms with Crippen LogP contribution < -0.4 is 0 Å². The summed E-state index contributed by atoms with van der Waals surface area (Å²) in [4.78, 5) is 4.72. The molecule has 3 heteroatoms. The fraction of sp³-hybridized carbons (Fsp3) is 1.00. The predicted molar refractivity (Wildman–Crippen MR) is 47.9 cm³/mol. The van der Waals surface area contributed by atoms with Crippen molar-refractivity contribution in [2.45, 2.75) is 44.2 Å². The van der Waals surface area contributed by atoms with Gasteiger partial charge in [-0.3, -0.25) is 9.46 Å². The van der Waals surface area contributed by atoms with Gasteiger partial charge in [-0.15, -0.1) is 0 Å². The van der Waals surface area contributed by atoms with E-state index in [1.165, 1.54) is 32.1 Å². The summed E-state index contributed by atoms with van der Waals surface area (Å²) >= 11 is 0. The van der Waals surface area contributed by atoms with E-state index in [1.807, 2.05) is 0 Å². The van der Waals surface area contributed by atoms with E-state index in [1.54, 1.807) is 7.11 Å². The minimum Gasteiger partial charge on any atom is -0.291 e. The lowest BCUT2D eigenvalue weighted by molar-refractivity contribution is -0.186. The van der Waals surface area contributed by atoms with Crippen LogP contribution in [0.5, 0.6) is 0 Å². The second kappa shape index (κ2) is 4.90. The van der Waals surface area contributed by atoms with Gasteiger partial charge in [-0.05, 0) is 12.1 Å². The smallest absolute Gasteiger partial charge is 0.224 e. The average molecular weight is 174 g/mol. The lowest BCUT2D eigenvalue weighted by Crippen LogP contribution is -2.22. The molecule has 1 saturated carbocycles. The highest BCUT2D eigenvalue weighted by atomic mass is 28.3. The summed E-state index contributed by atoms with van der Waals surface area (Å²) in [6.07, 6.45) is 6.96. The molecule has 1 fully saturated rings. The number of hydrogen-bond acceptors (Lipinski definition) is 2. The Hall–Kier alpha value is 0.137. The summed E-state index contributed by atoms with van der Waals surface area (Å²) in [5.41, 5.74) is 0.865. The van der Waals surface area contributed by atoms with Crippen molar-refractivity contribution in [3.63, 3.8) is 0 Å². The van der Waals surface area contributed by atoms with Crippen molar-refractivity contribution in [2.24, 2.45) is 0 Å². The molecular formula is C8H18O2Si. The van der Waals surface area contributed by atoms with Gasteiger partial charge in [-0.2, -0.15) is 0 Å². The van der Waals surface area contributed by atoms with Crippen LogP contribution in [0.2, 0.25) is 12.1 Å².